The Morgan fingerprint density at radius 3 is 2.20 bits per heavy atom. The average Bonchev–Trinajstić information content (AvgIpc) is 2.75. The number of hydrogen-bond donors (Lipinski definition) is 1. The van der Waals surface area contributed by atoms with Crippen LogP contribution in [-0.4, -0.2) is 25.2 Å². The number of sulfonamides is 1. The van der Waals surface area contributed by atoms with E-state index in [1.807, 2.05) is 39.0 Å². The maximum absolute atomic E-state index is 12.9. The van der Waals surface area contributed by atoms with Crippen molar-refractivity contribution in [3.8, 4) is 0 Å². The van der Waals surface area contributed by atoms with Crippen LogP contribution in [-0.2, 0) is 16.6 Å². The Labute approximate surface area is 178 Å². The molecule has 6 heteroatoms. The van der Waals surface area contributed by atoms with E-state index in [9.17, 15) is 13.2 Å². The van der Waals surface area contributed by atoms with Gasteiger partial charge < -0.3 is 5.32 Å². The van der Waals surface area contributed by atoms with Gasteiger partial charge in [-0.1, -0.05) is 55.0 Å². The van der Waals surface area contributed by atoms with E-state index in [1.54, 1.807) is 54.6 Å². The van der Waals surface area contributed by atoms with Crippen molar-refractivity contribution in [1.82, 2.24) is 4.31 Å². The first-order valence-electron chi connectivity index (χ1n) is 9.84. The molecule has 3 aromatic rings. The van der Waals surface area contributed by atoms with Gasteiger partial charge in [0.1, 0.15) is 0 Å². The Balaban J connectivity index is 1.72. The SMILES string of the molecule is CCN(Cc1ccc(C(=O)Nc2ccc(C)cc2C)cc1)S(=O)(=O)c1ccccc1. The van der Waals surface area contributed by atoms with Gasteiger partial charge in [-0.15, -0.1) is 0 Å². The second-order valence-corrected chi connectivity index (χ2v) is 9.15. The summed E-state index contributed by atoms with van der Waals surface area (Å²) in [5.41, 5.74) is 4.26. The van der Waals surface area contributed by atoms with Gasteiger partial charge in [0.15, 0.2) is 0 Å². The Morgan fingerprint density at radius 1 is 0.933 bits per heavy atom. The highest BCUT2D eigenvalue weighted by atomic mass is 32.2. The predicted molar refractivity (Wildman–Crippen MR) is 120 cm³/mol. The molecule has 0 aliphatic heterocycles. The molecule has 0 atom stereocenters. The second kappa shape index (κ2) is 9.24. The van der Waals surface area contributed by atoms with Crippen LogP contribution in [0.4, 0.5) is 5.69 Å². The summed E-state index contributed by atoms with van der Waals surface area (Å²) in [7, 11) is -3.57. The van der Waals surface area contributed by atoms with Crippen molar-refractivity contribution < 1.29 is 13.2 Å². The van der Waals surface area contributed by atoms with E-state index in [4.69, 9.17) is 0 Å². The lowest BCUT2D eigenvalue weighted by atomic mass is 10.1. The molecule has 1 amide bonds. The van der Waals surface area contributed by atoms with Crippen molar-refractivity contribution in [3.05, 3.63) is 95.1 Å². The Hall–Kier alpha value is -2.96. The fourth-order valence-electron chi connectivity index (χ4n) is 3.22. The molecule has 3 aromatic carbocycles. The van der Waals surface area contributed by atoms with Crippen molar-refractivity contribution in [2.24, 2.45) is 0 Å². The summed E-state index contributed by atoms with van der Waals surface area (Å²) in [4.78, 5) is 12.8. The fraction of sp³-hybridized carbons (Fsp3) is 0.208. The number of carbonyl (C=O) groups is 1. The highest BCUT2D eigenvalue weighted by Crippen LogP contribution is 2.20. The molecule has 0 aromatic heterocycles. The molecule has 0 bridgehead atoms. The van der Waals surface area contributed by atoms with Gasteiger partial charge in [-0.05, 0) is 55.3 Å². The molecule has 0 heterocycles. The highest BCUT2D eigenvalue weighted by Gasteiger charge is 2.23. The molecule has 0 saturated heterocycles. The summed E-state index contributed by atoms with van der Waals surface area (Å²) in [6.07, 6.45) is 0. The Bertz CT molecular complexity index is 1120. The number of amides is 1. The van der Waals surface area contributed by atoms with Gasteiger partial charge in [0.2, 0.25) is 10.0 Å². The lowest BCUT2D eigenvalue weighted by Gasteiger charge is -2.20. The van der Waals surface area contributed by atoms with Crippen LogP contribution in [0.3, 0.4) is 0 Å². The van der Waals surface area contributed by atoms with Gasteiger partial charge in [-0.25, -0.2) is 8.42 Å². The van der Waals surface area contributed by atoms with E-state index in [1.165, 1.54) is 4.31 Å². The van der Waals surface area contributed by atoms with Gasteiger partial charge in [0, 0.05) is 24.3 Å². The minimum Gasteiger partial charge on any atom is -0.322 e. The summed E-state index contributed by atoms with van der Waals surface area (Å²) < 4.78 is 27.2. The van der Waals surface area contributed by atoms with Crippen LogP contribution in [0.2, 0.25) is 0 Å². The van der Waals surface area contributed by atoms with E-state index in [-0.39, 0.29) is 17.3 Å². The van der Waals surface area contributed by atoms with Crippen molar-refractivity contribution in [3.63, 3.8) is 0 Å². The van der Waals surface area contributed by atoms with E-state index in [0.717, 1.165) is 22.4 Å². The normalized spacial score (nSPS) is 11.5. The molecular weight excluding hydrogens is 396 g/mol. The molecule has 0 unspecified atom stereocenters. The van der Waals surface area contributed by atoms with Gasteiger partial charge in [0.25, 0.3) is 5.91 Å². The largest absolute Gasteiger partial charge is 0.322 e. The summed E-state index contributed by atoms with van der Waals surface area (Å²) in [5, 5.41) is 2.93. The molecule has 0 aliphatic rings. The number of aryl methyl sites for hydroxylation is 2. The van der Waals surface area contributed by atoms with Crippen molar-refractivity contribution >= 4 is 21.6 Å². The molecule has 3 rings (SSSR count). The van der Waals surface area contributed by atoms with E-state index in [0.29, 0.717) is 12.1 Å². The summed E-state index contributed by atoms with van der Waals surface area (Å²) in [5.74, 6) is -0.197. The molecule has 0 spiro atoms. The zero-order valence-electron chi connectivity index (χ0n) is 17.4. The van der Waals surface area contributed by atoms with Crippen LogP contribution in [0.1, 0.15) is 34.0 Å². The van der Waals surface area contributed by atoms with Crippen LogP contribution in [0, 0.1) is 13.8 Å². The smallest absolute Gasteiger partial charge is 0.255 e. The van der Waals surface area contributed by atoms with E-state index in [2.05, 4.69) is 5.32 Å². The molecule has 5 nitrogen and oxygen atoms in total. The summed E-state index contributed by atoms with van der Waals surface area (Å²) >= 11 is 0. The number of hydrogen-bond acceptors (Lipinski definition) is 3. The number of nitrogens with one attached hydrogen (secondary N) is 1. The first-order chi connectivity index (χ1) is 14.3. The monoisotopic (exact) mass is 422 g/mol. The van der Waals surface area contributed by atoms with Gasteiger partial charge >= 0.3 is 0 Å². The molecular formula is C24H26N2O3S. The minimum absolute atomic E-state index is 0.197. The third-order valence-corrected chi connectivity index (χ3v) is 6.87. The number of benzene rings is 3. The van der Waals surface area contributed by atoms with E-state index < -0.39 is 10.0 Å². The third kappa shape index (κ3) is 4.96. The fourth-order valence-corrected chi connectivity index (χ4v) is 4.68. The van der Waals surface area contributed by atoms with Gasteiger partial charge in [0.05, 0.1) is 4.90 Å². The number of anilines is 1. The molecule has 0 aliphatic carbocycles. The van der Waals surface area contributed by atoms with Crippen LogP contribution in [0.25, 0.3) is 0 Å². The molecule has 156 valence electrons. The summed E-state index contributed by atoms with van der Waals surface area (Å²) in [6.45, 7) is 6.37. The Morgan fingerprint density at radius 2 is 1.60 bits per heavy atom. The maximum atomic E-state index is 12.9. The quantitative estimate of drug-likeness (QED) is 0.597. The lowest BCUT2D eigenvalue weighted by molar-refractivity contribution is 0.102. The zero-order chi connectivity index (χ0) is 21.7. The Kier molecular flexibility index (Phi) is 6.70. The van der Waals surface area contributed by atoms with E-state index >= 15 is 0 Å². The van der Waals surface area contributed by atoms with Gasteiger partial charge in [-0.3, -0.25) is 4.79 Å². The van der Waals surface area contributed by atoms with Crippen LogP contribution < -0.4 is 5.32 Å². The average molecular weight is 423 g/mol. The van der Waals surface area contributed by atoms with Crippen LogP contribution >= 0.6 is 0 Å². The molecule has 0 fully saturated rings. The molecule has 0 saturated carbocycles. The molecule has 0 radical (unpaired) electrons. The van der Waals surface area contributed by atoms with Crippen LogP contribution in [0.5, 0.6) is 0 Å². The lowest BCUT2D eigenvalue weighted by Crippen LogP contribution is -2.30. The first kappa shape index (κ1) is 21.7. The van der Waals surface area contributed by atoms with Crippen molar-refractivity contribution in [2.75, 3.05) is 11.9 Å². The van der Waals surface area contributed by atoms with Crippen molar-refractivity contribution in [2.45, 2.75) is 32.2 Å². The van der Waals surface area contributed by atoms with Crippen LogP contribution in [0.15, 0.2) is 77.7 Å². The molecule has 30 heavy (non-hydrogen) atoms. The standard InChI is InChI=1S/C24H26N2O3S/c1-4-26(30(28,29)22-8-6-5-7-9-22)17-20-11-13-21(14-12-20)24(27)25-23-15-10-18(2)16-19(23)3/h5-16H,4,17H2,1-3H3,(H,25,27). The zero-order valence-corrected chi connectivity index (χ0v) is 18.2. The maximum Gasteiger partial charge on any atom is 0.255 e. The predicted octanol–water partition coefficient (Wildman–Crippen LogP) is 4.77. The number of nitrogens with zero attached hydrogens (tertiary/aromatic N) is 1. The minimum atomic E-state index is -3.57. The second-order valence-electron chi connectivity index (χ2n) is 7.21. The first-order valence-corrected chi connectivity index (χ1v) is 11.3. The van der Waals surface area contributed by atoms with Crippen molar-refractivity contribution in [1.29, 1.82) is 0 Å². The summed E-state index contributed by atoms with van der Waals surface area (Å²) in [6, 6.07) is 21.3. The number of carbonyl (C=O) groups excluding carboxylic acids is 1. The highest BCUT2D eigenvalue weighted by molar-refractivity contribution is 7.89. The third-order valence-electron chi connectivity index (χ3n) is 4.94. The van der Waals surface area contributed by atoms with Gasteiger partial charge in [-0.2, -0.15) is 4.31 Å². The number of rotatable bonds is 7. The topological polar surface area (TPSA) is 66.5 Å². The molecule has 1 N–H and O–H groups in total.